The van der Waals surface area contributed by atoms with Gasteiger partial charge in [-0.05, 0) is 72.6 Å². The van der Waals surface area contributed by atoms with Gasteiger partial charge in [0, 0.05) is 18.7 Å². The SMILES string of the molecule is COc1ccc(CCN2C(=O)C[C@H](C(=O)Nc3ccc(C(=O)O)cc3)SC2=Nc2ccc(F)cc2)cc1OC. The van der Waals surface area contributed by atoms with E-state index in [9.17, 15) is 18.8 Å². The smallest absolute Gasteiger partial charge is 0.335 e. The highest BCUT2D eigenvalue weighted by Crippen LogP contribution is 2.31. The fraction of sp³-hybridized carbons (Fsp3) is 0.214. The molecule has 2 N–H and O–H groups in total. The van der Waals surface area contributed by atoms with Gasteiger partial charge in [-0.25, -0.2) is 14.2 Å². The summed E-state index contributed by atoms with van der Waals surface area (Å²) in [5, 5.41) is 11.4. The van der Waals surface area contributed by atoms with Gasteiger partial charge in [-0.1, -0.05) is 17.8 Å². The Morgan fingerprint density at radius 2 is 1.74 bits per heavy atom. The highest BCUT2D eigenvalue weighted by atomic mass is 32.2. The molecule has 39 heavy (non-hydrogen) atoms. The fourth-order valence-corrected chi connectivity index (χ4v) is 5.01. The van der Waals surface area contributed by atoms with Crippen LogP contribution in [0.2, 0.25) is 0 Å². The molecular formula is C28H26FN3O6S. The van der Waals surface area contributed by atoms with Crippen LogP contribution in [-0.2, 0) is 16.0 Å². The summed E-state index contributed by atoms with van der Waals surface area (Å²) in [6.07, 6.45) is 0.431. The number of hydrogen-bond acceptors (Lipinski definition) is 7. The number of hydrogen-bond donors (Lipinski definition) is 2. The molecule has 0 aliphatic carbocycles. The van der Waals surface area contributed by atoms with Crippen LogP contribution in [0.25, 0.3) is 0 Å². The summed E-state index contributed by atoms with van der Waals surface area (Å²) in [5.74, 6) is -1.02. The topological polar surface area (TPSA) is 118 Å². The summed E-state index contributed by atoms with van der Waals surface area (Å²) in [6.45, 7) is 0.298. The van der Waals surface area contributed by atoms with Gasteiger partial charge in [-0.2, -0.15) is 0 Å². The number of carbonyl (C=O) groups excluding carboxylic acids is 2. The molecule has 202 valence electrons. The highest BCUT2D eigenvalue weighted by Gasteiger charge is 2.36. The summed E-state index contributed by atoms with van der Waals surface area (Å²) in [5.41, 5.74) is 1.85. The first kappa shape index (κ1) is 27.6. The number of carboxylic acid groups (broad SMARTS) is 1. The van der Waals surface area contributed by atoms with E-state index in [2.05, 4.69) is 10.3 Å². The number of methoxy groups -OCH3 is 2. The molecular weight excluding hydrogens is 525 g/mol. The maximum Gasteiger partial charge on any atom is 0.335 e. The van der Waals surface area contributed by atoms with E-state index in [0.717, 1.165) is 17.3 Å². The maximum absolute atomic E-state index is 13.4. The number of aliphatic imine (C=N–C) groups is 1. The monoisotopic (exact) mass is 551 g/mol. The number of rotatable bonds is 9. The molecule has 0 bridgehead atoms. The van der Waals surface area contributed by atoms with Crippen molar-refractivity contribution >= 4 is 46.1 Å². The average Bonchev–Trinajstić information content (AvgIpc) is 2.93. The minimum Gasteiger partial charge on any atom is -0.493 e. The number of aromatic carboxylic acids is 1. The molecule has 9 nitrogen and oxygen atoms in total. The van der Waals surface area contributed by atoms with Gasteiger partial charge >= 0.3 is 5.97 Å². The van der Waals surface area contributed by atoms with Gasteiger partial charge < -0.3 is 19.9 Å². The number of nitrogens with zero attached hydrogens (tertiary/aromatic N) is 2. The number of carboxylic acids is 1. The molecule has 11 heteroatoms. The van der Waals surface area contributed by atoms with Crippen LogP contribution in [-0.4, -0.2) is 59.0 Å². The minimum atomic E-state index is -1.07. The molecule has 1 aliphatic rings. The first-order valence-electron chi connectivity index (χ1n) is 11.9. The molecule has 0 saturated carbocycles. The number of thioether (sulfide) groups is 1. The Hall–Kier alpha value is -4.38. The Balaban J connectivity index is 1.54. The number of amides is 2. The molecule has 0 unspecified atom stereocenters. The number of nitrogens with one attached hydrogen (secondary N) is 1. The van der Waals surface area contributed by atoms with Crippen LogP contribution in [0.4, 0.5) is 15.8 Å². The maximum atomic E-state index is 13.4. The largest absolute Gasteiger partial charge is 0.493 e. The van der Waals surface area contributed by atoms with E-state index in [1.54, 1.807) is 20.3 Å². The van der Waals surface area contributed by atoms with Crippen molar-refractivity contribution in [1.82, 2.24) is 4.90 Å². The second-order valence-electron chi connectivity index (χ2n) is 8.54. The lowest BCUT2D eigenvalue weighted by Crippen LogP contribution is -2.46. The van der Waals surface area contributed by atoms with Crippen molar-refractivity contribution in [2.45, 2.75) is 18.1 Å². The normalized spacial score (nSPS) is 16.2. The number of amidine groups is 1. The van der Waals surface area contributed by atoms with Crippen LogP contribution in [0.15, 0.2) is 71.7 Å². The van der Waals surface area contributed by atoms with Crippen molar-refractivity contribution in [1.29, 1.82) is 0 Å². The fourth-order valence-electron chi connectivity index (χ4n) is 3.88. The van der Waals surface area contributed by atoms with E-state index < -0.39 is 22.9 Å². The zero-order chi connectivity index (χ0) is 27.9. The van der Waals surface area contributed by atoms with Crippen LogP contribution in [0, 0.1) is 5.82 Å². The van der Waals surface area contributed by atoms with Gasteiger partial charge in [0.1, 0.15) is 11.1 Å². The van der Waals surface area contributed by atoms with E-state index in [4.69, 9.17) is 14.6 Å². The third kappa shape index (κ3) is 6.94. The van der Waals surface area contributed by atoms with Crippen LogP contribution in [0.3, 0.4) is 0 Å². The predicted molar refractivity (Wildman–Crippen MR) is 146 cm³/mol. The number of carbonyl (C=O) groups is 3. The minimum absolute atomic E-state index is 0.0575. The second kappa shape index (κ2) is 12.4. The summed E-state index contributed by atoms with van der Waals surface area (Å²) < 4.78 is 24.1. The Morgan fingerprint density at radius 3 is 2.38 bits per heavy atom. The highest BCUT2D eigenvalue weighted by molar-refractivity contribution is 8.15. The van der Waals surface area contributed by atoms with Gasteiger partial charge in [0.25, 0.3) is 0 Å². The molecule has 0 spiro atoms. The molecule has 1 aliphatic heterocycles. The van der Waals surface area contributed by atoms with E-state index in [1.165, 1.54) is 53.4 Å². The van der Waals surface area contributed by atoms with Crippen molar-refractivity contribution < 1.29 is 33.4 Å². The number of halogens is 1. The van der Waals surface area contributed by atoms with Crippen molar-refractivity contribution in [2.75, 3.05) is 26.1 Å². The summed E-state index contributed by atoms with van der Waals surface area (Å²) in [7, 11) is 3.10. The molecule has 4 rings (SSSR count). The molecule has 1 heterocycles. The lowest BCUT2D eigenvalue weighted by molar-refractivity contribution is -0.129. The summed E-state index contributed by atoms with van der Waals surface area (Å²) >= 11 is 1.14. The molecule has 3 aromatic carbocycles. The molecule has 1 fully saturated rings. The lowest BCUT2D eigenvalue weighted by Gasteiger charge is -2.32. The van der Waals surface area contributed by atoms with Gasteiger partial charge in [0.15, 0.2) is 16.7 Å². The first-order valence-corrected chi connectivity index (χ1v) is 12.8. The molecule has 3 aromatic rings. The quantitative estimate of drug-likeness (QED) is 0.394. The molecule has 0 aromatic heterocycles. The van der Waals surface area contributed by atoms with Crippen LogP contribution >= 0.6 is 11.8 Å². The van der Waals surface area contributed by atoms with Gasteiger partial charge in [0.05, 0.1) is 25.5 Å². The summed E-state index contributed by atoms with van der Waals surface area (Å²) in [4.78, 5) is 43.5. The molecule has 2 amide bonds. The van der Waals surface area contributed by atoms with Gasteiger partial charge in [-0.3, -0.25) is 14.5 Å². The Bertz CT molecular complexity index is 1400. The van der Waals surface area contributed by atoms with Crippen molar-refractivity contribution in [2.24, 2.45) is 4.99 Å². The van der Waals surface area contributed by atoms with Gasteiger partial charge in [0.2, 0.25) is 11.8 Å². The van der Waals surface area contributed by atoms with Crippen LogP contribution in [0.1, 0.15) is 22.3 Å². The zero-order valence-corrected chi connectivity index (χ0v) is 22.0. The van der Waals surface area contributed by atoms with E-state index >= 15 is 0 Å². The van der Waals surface area contributed by atoms with E-state index in [-0.39, 0.29) is 17.9 Å². The van der Waals surface area contributed by atoms with Gasteiger partial charge in [-0.15, -0.1) is 0 Å². The second-order valence-corrected chi connectivity index (χ2v) is 9.71. The average molecular weight is 552 g/mol. The predicted octanol–water partition coefficient (Wildman–Crippen LogP) is 4.74. The molecule has 0 radical (unpaired) electrons. The zero-order valence-electron chi connectivity index (χ0n) is 21.2. The van der Waals surface area contributed by atoms with E-state index in [1.807, 2.05) is 12.1 Å². The lowest BCUT2D eigenvalue weighted by atomic mass is 10.1. The summed E-state index contributed by atoms with van der Waals surface area (Å²) in [6, 6.07) is 16.8. The number of benzene rings is 3. The third-order valence-corrected chi connectivity index (χ3v) is 7.14. The van der Waals surface area contributed by atoms with Crippen molar-refractivity contribution in [3.05, 3.63) is 83.7 Å². The third-order valence-electron chi connectivity index (χ3n) is 5.95. The van der Waals surface area contributed by atoms with Crippen LogP contribution in [0.5, 0.6) is 11.5 Å². The first-order chi connectivity index (χ1) is 18.8. The van der Waals surface area contributed by atoms with Crippen LogP contribution < -0.4 is 14.8 Å². The Kier molecular flexibility index (Phi) is 8.82. The number of ether oxygens (including phenoxy) is 2. The Morgan fingerprint density at radius 1 is 1.05 bits per heavy atom. The van der Waals surface area contributed by atoms with E-state index in [0.29, 0.717) is 41.0 Å². The molecule has 1 atom stereocenters. The molecule has 1 saturated heterocycles. The van der Waals surface area contributed by atoms with Crippen molar-refractivity contribution in [3.63, 3.8) is 0 Å². The number of anilines is 1. The Labute approximate surface area is 228 Å². The standard InChI is InChI=1S/C28H26FN3O6S/c1-37-22-12-3-17(15-23(22)38-2)13-14-32-25(33)16-24(39-28(32)31-21-10-6-19(29)7-11-21)26(34)30-20-8-4-18(5-9-20)27(35)36/h3-12,15,24H,13-14,16H2,1-2H3,(H,30,34)(H,35,36)/t24-/m1/s1. The van der Waals surface area contributed by atoms with Crippen molar-refractivity contribution in [3.8, 4) is 11.5 Å².